The molecule has 0 bridgehead atoms. The molecule has 0 radical (unpaired) electrons. The first-order valence-corrected chi connectivity index (χ1v) is 7.31. The molecule has 4 nitrogen and oxygen atoms in total. The van der Waals surface area contributed by atoms with E-state index < -0.39 is 11.4 Å². The van der Waals surface area contributed by atoms with Gasteiger partial charge in [0.15, 0.2) is 0 Å². The van der Waals surface area contributed by atoms with Gasteiger partial charge in [0.2, 0.25) is 0 Å². The summed E-state index contributed by atoms with van der Waals surface area (Å²) in [6.07, 6.45) is 1.32. The van der Waals surface area contributed by atoms with Crippen LogP contribution in [0.3, 0.4) is 0 Å². The molecule has 1 fully saturated rings. The van der Waals surface area contributed by atoms with Gasteiger partial charge in [-0.25, -0.2) is 4.68 Å². The van der Waals surface area contributed by atoms with Gasteiger partial charge in [0.25, 0.3) is 0 Å². The molecule has 1 aromatic heterocycles. The van der Waals surface area contributed by atoms with E-state index in [1.807, 2.05) is 42.8 Å². The number of carboxylic acid groups (broad SMARTS) is 1. The summed E-state index contributed by atoms with van der Waals surface area (Å²) in [5.41, 5.74) is 2.90. The Balaban J connectivity index is 2.11. The highest BCUT2D eigenvalue weighted by atomic mass is 79.9. The maximum Gasteiger partial charge on any atom is 0.315 e. The monoisotopic (exact) mass is 334 g/mol. The van der Waals surface area contributed by atoms with Crippen molar-refractivity contribution in [3.05, 3.63) is 45.7 Å². The Hall–Kier alpha value is -1.62. The smallest absolute Gasteiger partial charge is 0.315 e. The van der Waals surface area contributed by atoms with Crippen molar-refractivity contribution in [1.82, 2.24) is 9.78 Å². The second-order valence-electron chi connectivity index (χ2n) is 5.38. The Morgan fingerprint density at radius 3 is 2.40 bits per heavy atom. The molecule has 0 unspecified atom stereocenters. The first-order chi connectivity index (χ1) is 9.45. The third kappa shape index (κ3) is 1.88. The van der Waals surface area contributed by atoms with Crippen LogP contribution in [0, 0.1) is 13.8 Å². The number of hydrogen-bond donors (Lipinski definition) is 1. The average molecular weight is 335 g/mol. The number of aliphatic carboxylic acids is 1. The molecule has 1 aliphatic carbocycles. The molecule has 0 spiro atoms. The second-order valence-corrected chi connectivity index (χ2v) is 6.18. The third-order valence-electron chi connectivity index (χ3n) is 3.93. The summed E-state index contributed by atoms with van der Waals surface area (Å²) in [6, 6.07) is 8.03. The Bertz CT molecular complexity index is 685. The van der Waals surface area contributed by atoms with Crippen LogP contribution in [0.15, 0.2) is 28.7 Å². The van der Waals surface area contributed by atoms with Crippen molar-refractivity contribution in [2.75, 3.05) is 0 Å². The highest BCUT2D eigenvalue weighted by Gasteiger charge is 2.55. The molecule has 1 heterocycles. The molecule has 0 amide bonds. The molecule has 5 heteroatoms. The molecule has 0 saturated heterocycles. The van der Waals surface area contributed by atoms with Crippen LogP contribution in [-0.4, -0.2) is 20.9 Å². The molecular formula is C15H15BrN2O2. The fourth-order valence-corrected chi connectivity index (χ4v) is 3.03. The molecule has 3 rings (SSSR count). The van der Waals surface area contributed by atoms with E-state index in [1.165, 1.54) is 5.56 Å². The molecule has 20 heavy (non-hydrogen) atoms. The van der Waals surface area contributed by atoms with Gasteiger partial charge >= 0.3 is 5.97 Å². The van der Waals surface area contributed by atoms with Crippen LogP contribution in [0.5, 0.6) is 0 Å². The summed E-state index contributed by atoms with van der Waals surface area (Å²) in [5.74, 6) is -0.785. The summed E-state index contributed by atoms with van der Waals surface area (Å²) in [4.78, 5) is 11.5. The topological polar surface area (TPSA) is 55.1 Å². The van der Waals surface area contributed by atoms with E-state index >= 15 is 0 Å². The Kier molecular flexibility index (Phi) is 2.97. The maximum atomic E-state index is 11.5. The highest BCUT2D eigenvalue weighted by Crippen LogP contribution is 2.50. The second kappa shape index (κ2) is 4.45. The van der Waals surface area contributed by atoms with E-state index in [9.17, 15) is 9.90 Å². The Morgan fingerprint density at radius 2 is 1.90 bits per heavy atom. The van der Waals surface area contributed by atoms with Gasteiger partial charge in [-0.3, -0.25) is 4.79 Å². The first-order valence-electron chi connectivity index (χ1n) is 6.52. The van der Waals surface area contributed by atoms with Gasteiger partial charge in [-0.05, 0) is 54.8 Å². The number of hydrogen-bond acceptors (Lipinski definition) is 2. The summed E-state index contributed by atoms with van der Waals surface area (Å²) in [6.45, 7) is 3.98. The van der Waals surface area contributed by atoms with Crippen molar-refractivity contribution in [3.63, 3.8) is 0 Å². The zero-order valence-corrected chi connectivity index (χ0v) is 12.9. The SMILES string of the molecule is Cc1ccc(-n2nc(C3(C(=O)O)CC3)c(Br)c2C)cc1. The van der Waals surface area contributed by atoms with Crippen molar-refractivity contribution >= 4 is 21.9 Å². The van der Waals surface area contributed by atoms with Crippen molar-refractivity contribution in [3.8, 4) is 5.69 Å². The van der Waals surface area contributed by atoms with Crippen LogP contribution in [0.4, 0.5) is 0 Å². The minimum atomic E-state index is -0.792. The van der Waals surface area contributed by atoms with E-state index in [0.29, 0.717) is 18.5 Å². The fourth-order valence-electron chi connectivity index (χ4n) is 2.40. The standard InChI is InChI=1S/C15H15BrN2O2/c1-9-3-5-11(6-4-9)18-10(2)12(16)13(17-18)15(7-8-15)14(19)20/h3-6H,7-8H2,1-2H3,(H,19,20). The summed E-state index contributed by atoms with van der Waals surface area (Å²) in [5, 5.41) is 14.0. The average Bonchev–Trinajstić information content (AvgIpc) is 3.16. The number of halogens is 1. The van der Waals surface area contributed by atoms with Gasteiger partial charge in [-0.1, -0.05) is 17.7 Å². The zero-order chi connectivity index (χ0) is 14.5. The van der Waals surface area contributed by atoms with E-state index in [-0.39, 0.29) is 0 Å². The number of carbonyl (C=O) groups is 1. The van der Waals surface area contributed by atoms with Gasteiger partial charge in [-0.15, -0.1) is 0 Å². The van der Waals surface area contributed by atoms with Crippen LogP contribution >= 0.6 is 15.9 Å². The lowest BCUT2D eigenvalue weighted by atomic mass is 10.0. The summed E-state index contributed by atoms with van der Waals surface area (Å²) in [7, 11) is 0. The first kappa shape index (κ1) is 13.4. The molecular weight excluding hydrogens is 320 g/mol. The van der Waals surface area contributed by atoms with Crippen LogP contribution in [-0.2, 0) is 10.2 Å². The molecule has 1 saturated carbocycles. The molecule has 2 aromatic rings. The van der Waals surface area contributed by atoms with E-state index in [2.05, 4.69) is 21.0 Å². The Morgan fingerprint density at radius 1 is 1.30 bits per heavy atom. The van der Waals surface area contributed by atoms with Crippen LogP contribution in [0.1, 0.15) is 29.8 Å². The predicted molar refractivity (Wildman–Crippen MR) is 79.3 cm³/mol. The molecule has 104 valence electrons. The predicted octanol–water partition coefficient (Wildman–Crippen LogP) is 3.37. The Labute approximate surface area is 125 Å². The lowest BCUT2D eigenvalue weighted by Crippen LogP contribution is -2.20. The largest absolute Gasteiger partial charge is 0.481 e. The number of rotatable bonds is 3. The number of carboxylic acids is 1. The highest BCUT2D eigenvalue weighted by molar-refractivity contribution is 9.10. The molecule has 1 N–H and O–H groups in total. The number of aryl methyl sites for hydroxylation is 1. The van der Waals surface area contributed by atoms with Gasteiger partial charge in [0.05, 0.1) is 21.5 Å². The van der Waals surface area contributed by atoms with Crippen molar-refractivity contribution in [2.24, 2.45) is 0 Å². The molecule has 0 atom stereocenters. The fraction of sp³-hybridized carbons (Fsp3) is 0.333. The molecule has 1 aromatic carbocycles. The maximum absolute atomic E-state index is 11.5. The number of benzene rings is 1. The minimum absolute atomic E-state index is 0.642. The van der Waals surface area contributed by atoms with E-state index in [4.69, 9.17) is 0 Å². The molecule has 1 aliphatic rings. The zero-order valence-electron chi connectivity index (χ0n) is 11.4. The van der Waals surface area contributed by atoms with Crippen molar-refractivity contribution in [1.29, 1.82) is 0 Å². The van der Waals surface area contributed by atoms with Gasteiger partial charge in [-0.2, -0.15) is 5.10 Å². The quantitative estimate of drug-likeness (QED) is 0.936. The number of aromatic nitrogens is 2. The van der Waals surface area contributed by atoms with Gasteiger partial charge in [0.1, 0.15) is 5.41 Å². The lowest BCUT2D eigenvalue weighted by molar-refractivity contribution is -0.140. The van der Waals surface area contributed by atoms with Crippen LogP contribution < -0.4 is 0 Å². The van der Waals surface area contributed by atoms with E-state index in [0.717, 1.165) is 15.9 Å². The van der Waals surface area contributed by atoms with E-state index in [1.54, 1.807) is 0 Å². The third-order valence-corrected chi connectivity index (χ3v) is 4.88. The van der Waals surface area contributed by atoms with Crippen LogP contribution in [0.25, 0.3) is 5.69 Å². The van der Waals surface area contributed by atoms with Crippen LogP contribution in [0.2, 0.25) is 0 Å². The number of nitrogens with zero attached hydrogens (tertiary/aromatic N) is 2. The lowest BCUT2D eigenvalue weighted by Gasteiger charge is -2.06. The van der Waals surface area contributed by atoms with Crippen molar-refractivity contribution in [2.45, 2.75) is 32.1 Å². The summed E-state index contributed by atoms with van der Waals surface area (Å²) < 4.78 is 2.61. The van der Waals surface area contributed by atoms with Gasteiger partial charge < -0.3 is 5.11 Å². The minimum Gasteiger partial charge on any atom is -0.481 e. The molecule has 0 aliphatic heterocycles. The van der Waals surface area contributed by atoms with Gasteiger partial charge in [0, 0.05) is 0 Å². The van der Waals surface area contributed by atoms with Crippen molar-refractivity contribution < 1.29 is 9.90 Å². The summed E-state index contributed by atoms with van der Waals surface area (Å²) >= 11 is 3.51. The normalized spacial score (nSPS) is 16.1.